The lowest BCUT2D eigenvalue weighted by Gasteiger charge is -2.19. The van der Waals surface area contributed by atoms with E-state index in [2.05, 4.69) is 4.98 Å². The average molecular weight is 372 g/mol. The molecule has 1 aliphatic heterocycles. The molecule has 0 spiro atoms. The second kappa shape index (κ2) is 7.84. The molecule has 7 heteroatoms. The Labute approximate surface area is 158 Å². The fourth-order valence-corrected chi connectivity index (χ4v) is 3.30. The van der Waals surface area contributed by atoms with Crippen molar-refractivity contribution in [1.82, 2.24) is 9.88 Å². The van der Waals surface area contributed by atoms with Crippen molar-refractivity contribution in [1.29, 1.82) is 0 Å². The molecule has 0 saturated carbocycles. The lowest BCUT2D eigenvalue weighted by Crippen LogP contribution is -2.29. The Hall–Kier alpha value is -2.80. The van der Waals surface area contributed by atoms with E-state index >= 15 is 0 Å². The number of ether oxygens (including phenoxy) is 3. The lowest BCUT2D eigenvalue weighted by atomic mass is 10.1. The molecule has 0 radical (unpaired) electrons. The van der Waals surface area contributed by atoms with Gasteiger partial charge in [-0.2, -0.15) is 0 Å². The quantitative estimate of drug-likeness (QED) is 0.595. The molecule has 1 N–H and O–H groups in total. The molecule has 0 bridgehead atoms. The van der Waals surface area contributed by atoms with Crippen molar-refractivity contribution >= 4 is 11.8 Å². The van der Waals surface area contributed by atoms with Crippen LogP contribution in [0.25, 0.3) is 0 Å². The van der Waals surface area contributed by atoms with Crippen LogP contribution in [0.1, 0.15) is 44.6 Å². The Morgan fingerprint density at radius 3 is 2.67 bits per heavy atom. The first-order valence-corrected chi connectivity index (χ1v) is 8.86. The van der Waals surface area contributed by atoms with Crippen molar-refractivity contribution in [3.05, 3.63) is 46.3 Å². The molecule has 3 rings (SSSR count). The van der Waals surface area contributed by atoms with Gasteiger partial charge in [0.25, 0.3) is 0 Å². The number of Topliss-reactive ketones (excluding diaryl/α,β-unsaturated/α-hetero) is 1. The van der Waals surface area contributed by atoms with Gasteiger partial charge >= 0.3 is 5.97 Å². The minimum absolute atomic E-state index is 0.0617. The maximum Gasteiger partial charge on any atom is 0.339 e. The van der Waals surface area contributed by atoms with E-state index in [1.165, 1.54) is 7.11 Å². The van der Waals surface area contributed by atoms with Crippen molar-refractivity contribution in [2.45, 2.75) is 27.3 Å². The number of carbonyl (C=O) groups excluding carboxylic acids is 2. The summed E-state index contributed by atoms with van der Waals surface area (Å²) < 4.78 is 15.5. The van der Waals surface area contributed by atoms with Crippen LogP contribution < -0.4 is 9.47 Å². The summed E-state index contributed by atoms with van der Waals surface area (Å²) in [5.41, 5.74) is 3.20. The van der Waals surface area contributed by atoms with Crippen molar-refractivity contribution in [2.24, 2.45) is 0 Å². The summed E-state index contributed by atoms with van der Waals surface area (Å²) in [6, 6.07) is 5.80. The van der Waals surface area contributed by atoms with Crippen molar-refractivity contribution in [3.8, 4) is 11.5 Å². The minimum atomic E-state index is -0.437. The number of fused-ring (bicyclic) bond motifs is 1. The van der Waals surface area contributed by atoms with E-state index in [0.29, 0.717) is 35.6 Å². The van der Waals surface area contributed by atoms with Gasteiger partial charge in [-0.15, -0.1) is 0 Å². The third-order valence-electron chi connectivity index (χ3n) is 4.76. The Kier molecular flexibility index (Phi) is 5.51. The summed E-state index contributed by atoms with van der Waals surface area (Å²) in [7, 11) is 1.33. The first-order chi connectivity index (χ1) is 12.9. The maximum atomic E-state index is 12.8. The molecule has 0 aliphatic carbocycles. The number of benzene rings is 1. The van der Waals surface area contributed by atoms with Crippen LogP contribution in [-0.4, -0.2) is 48.6 Å². The van der Waals surface area contributed by atoms with Crippen LogP contribution in [0, 0.1) is 13.8 Å². The molecule has 0 unspecified atom stereocenters. The van der Waals surface area contributed by atoms with Crippen LogP contribution in [0.15, 0.2) is 18.2 Å². The number of nitrogens with one attached hydrogen (secondary N) is 1. The Morgan fingerprint density at radius 2 is 1.96 bits per heavy atom. The monoisotopic (exact) mass is 372 g/mol. The molecule has 2 heterocycles. The van der Waals surface area contributed by atoms with Crippen LogP contribution in [0.5, 0.6) is 11.5 Å². The number of aromatic nitrogens is 1. The van der Waals surface area contributed by atoms with Crippen LogP contribution in [0.2, 0.25) is 0 Å². The fraction of sp³-hybridized carbons (Fsp3) is 0.400. The van der Waals surface area contributed by atoms with Gasteiger partial charge in [0.2, 0.25) is 6.79 Å². The highest BCUT2D eigenvalue weighted by Crippen LogP contribution is 2.32. The van der Waals surface area contributed by atoms with Gasteiger partial charge < -0.3 is 19.2 Å². The molecule has 7 nitrogen and oxygen atoms in total. The van der Waals surface area contributed by atoms with E-state index in [4.69, 9.17) is 14.2 Å². The Balaban J connectivity index is 1.73. The number of rotatable bonds is 7. The standard InChI is InChI=1S/C20H24N2O5/c1-5-22(9-14-6-7-16-17(8-14)27-11-26-16)10-15(23)19-12(2)18(13(3)21-19)20(24)25-4/h6-8,21H,5,9-11H2,1-4H3. The van der Waals surface area contributed by atoms with Gasteiger partial charge in [0.05, 0.1) is 24.9 Å². The highest BCUT2D eigenvalue weighted by molar-refractivity contribution is 6.02. The molecule has 0 saturated heterocycles. The van der Waals surface area contributed by atoms with E-state index in [9.17, 15) is 9.59 Å². The largest absolute Gasteiger partial charge is 0.465 e. The van der Waals surface area contributed by atoms with Gasteiger partial charge in [-0.1, -0.05) is 13.0 Å². The molecule has 0 amide bonds. The van der Waals surface area contributed by atoms with E-state index in [1.807, 2.05) is 30.0 Å². The molecule has 27 heavy (non-hydrogen) atoms. The molecule has 2 aromatic rings. The average Bonchev–Trinajstić information content (AvgIpc) is 3.24. The number of likely N-dealkylation sites (N-methyl/N-ethyl adjacent to an activating group) is 1. The first kappa shape index (κ1) is 19.0. The van der Waals surface area contributed by atoms with E-state index in [-0.39, 0.29) is 19.1 Å². The summed E-state index contributed by atoms with van der Waals surface area (Å²) in [5.74, 6) is 0.973. The van der Waals surface area contributed by atoms with E-state index < -0.39 is 5.97 Å². The number of hydrogen-bond acceptors (Lipinski definition) is 6. The summed E-state index contributed by atoms with van der Waals surface area (Å²) >= 11 is 0. The van der Waals surface area contributed by atoms with Crippen LogP contribution in [0.4, 0.5) is 0 Å². The number of esters is 1. The molecule has 1 aromatic heterocycles. The molecular weight excluding hydrogens is 348 g/mol. The van der Waals surface area contributed by atoms with Gasteiger partial charge in [-0.25, -0.2) is 4.79 Å². The smallest absolute Gasteiger partial charge is 0.339 e. The third-order valence-corrected chi connectivity index (χ3v) is 4.76. The molecular formula is C20H24N2O5. The normalized spacial score (nSPS) is 12.5. The van der Waals surface area contributed by atoms with Crippen LogP contribution in [0.3, 0.4) is 0 Å². The summed E-state index contributed by atoms with van der Waals surface area (Å²) in [6.07, 6.45) is 0. The van der Waals surface area contributed by atoms with Gasteiger partial charge in [-0.3, -0.25) is 9.69 Å². The minimum Gasteiger partial charge on any atom is -0.465 e. The number of nitrogens with zero attached hydrogens (tertiary/aromatic N) is 1. The second-order valence-corrected chi connectivity index (χ2v) is 6.53. The first-order valence-electron chi connectivity index (χ1n) is 8.86. The number of aromatic amines is 1. The van der Waals surface area contributed by atoms with Gasteiger partial charge in [-0.05, 0) is 43.7 Å². The zero-order valence-electron chi connectivity index (χ0n) is 16.0. The highest BCUT2D eigenvalue weighted by Gasteiger charge is 2.23. The number of hydrogen-bond donors (Lipinski definition) is 1. The summed E-state index contributed by atoms with van der Waals surface area (Å²) in [6.45, 7) is 7.34. The Morgan fingerprint density at radius 1 is 1.22 bits per heavy atom. The van der Waals surface area contributed by atoms with Gasteiger partial charge in [0.1, 0.15) is 0 Å². The molecule has 1 aromatic carbocycles. The van der Waals surface area contributed by atoms with E-state index in [1.54, 1.807) is 13.8 Å². The SMILES string of the molecule is CCN(CC(=O)c1[nH]c(C)c(C(=O)OC)c1C)Cc1ccc2c(c1)OCO2. The number of methoxy groups -OCH3 is 1. The lowest BCUT2D eigenvalue weighted by molar-refractivity contribution is 0.0599. The third kappa shape index (κ3) is 3.83. The molecule has 1 aliphatic rings. The zero-order valence-corrected chi connectivity index (χ0v) is 16.0. The number of H-pyrrole nitrogens is 1. The second-order valence-electron chi connectivity index (χ2n) is 6.53. The van der Waals surface area contributed by atoms with Crippen molar-refractivity contribution in [3.63, 3.8) is 0 Å². The van der Waals surface area contributed by atoms with Crippen LogP contribution in [-0.2, 0) is 11.3 Å². The fourth-order valence-electron chi connectivity index (χ4n) is 3.30. The number of carbonyl (C=O) groups is 2. The predicted molar refractivity (Wildman–Crippen MR) is 99.5 cm³/mol. The summed E-state index contributed by atoms with van der Waals surface area (Å²) in [5, 5.41) is 0. The molecule has 0 fully saturated rings. The topological polar surface area (TPSA) is 80.9 Å². The van der Waals surface area contributed by atoms with Crippen LogP contribution >= 0.6 is 0 Å². The van der Waals surface area contributed by atoms with E-state index in [0.717, 1.165) is 17.1 Å². The highest BCUT2D eigenvalue weighted by atomic mass is 16.7. The summed E-state index contributed by atoms with van der Waals surface area (Å²) in [4.78, 5) is 29.8. The zero-order chi connectivity index (χ0) is 19.6. The molecule has 144 valence electrons. The van der Waals surface area contributed by atoms with Gasteiger partial charge in [0, 0.05) is 12.2 Å². The van der Waals surface area contributed by atoms with Crippen molar-refractivity contribution in [2.75, 3.05) is 27.0 Å². The van der Waals surface area contributed by atoms with Crippen molar-refractivity contribution < 1.29 is 23.8 Å². The van der Waals surface area contributed by atoms with Gasteiger partial charge in [0.15, 0.2) is 17.3 Å². The Bertz CT molecular complexity index is 871. The number of ketones is 1. The maximum absolute atomic E-state index is 12.8. The predicted octanol–water partition coefficient (Wildman–Crippen LogP) is 2.85. The number of aryl methyl sites for hydroxylation is 1. The molecule has 0 atom stereocenters.